The number of sulfone groups is 1. The molecule has 1 N–H and O–H groups in total. The van der Waals surface area contributed by atoms with Crippen molar-refractivity contribution in [1.82, 2.24) is 15.3 Å². The second kappa shape index (κ2) is 8.72. The number of carbonyl (C=O) groups is 1. The largest absolute Gasteiger partial charge is 0.481 e. The maximum absolute atomic E-state index is 13.0. The molecule has 3 aromatic rings. The number of ether oxygens (including phenoxy) is 1. The van der Waals surface area contributed by atoms with Crippen LogP contribution in [0.5, 0.6) is 5.88 Å². The first kappa shape index (κ1) is 23.7. The van der Waals surface area contributed by atoms with E-state index in [1.54, 1.807) is 48.7 Å². The van der Waals surface area contributed by atoms with Crippen LogP contribution in [0.4, 0.5) is 10.5 Å². The van der Waals surface area contributed by atoms with Crippen LogP contribution in [0, 0.1) is 6.92 Å². The lowest BCUT2D eigenvalue weighted by Crippen LogP contribution is -2.41. The molecule has 0 unspecified atom stereocenters. The number of nitrogens with one attached hydrogen (secondary N) is 1. The number of methoxy groups -OCH3 is 1. The van der Waals surface area contributed by atoms with Crippen LogP contribution in [0.15, 0.2) is 53.7 Å². The van der Waals surface area contributed by atoms with Gasteiger partial charge >= 0.3 is 6.03 Å². The summed E-state index contributed by atoms with van der Waals surface area (Å²) in [4.78, 5) is 23.9. The summed E-state index contributed by atoms with van der Waals surface area (Å²) < 4.78 is 28.5. The molecule has 9 heteroatoms. The van der Waals surface area contributed by atoms with Crippen LogP contribution in [0.1, 0.15) is 30.5 Å². The highest BCUT2D eigenvalue weighted by Gasteiger charge is 2.38. The van der Waals surface area contributed by atoms with Crippen LogP contribution in [0.3, 0.4) is 0 Å². The second-order valence-electron chi connectivity index (χ2n) is 9.17. The summed E-state index contributed by atoms with van der Waals surface area (Å²) >= 11 is 0. The number of aryl methyl sites for hydroxylation is 1. The van der Waals surface area contributed by atoms with E-state index < -0.39 is 9.84 Å². The number of aromatic nitrogens is 2. The van der Waals surface area contributed by atoms with Gasteiger partial charge in [-0.05, 0) is 41.8 Å². The Morgan fingerprint density at radius 1 is 1.15 bits per heavy atom. The molecule has 2 amide bonds. The van der Waals surface area contributed by atoms with Gasteiger partial charge < -0.3 is 10.1 Å². The number of hydrogen-bond acceptors (Lipinski definition) is 6. The maximum Gasteiger partial charge on any atom is 0.322 e. The molecule has 1 aliphatic rings. The van der Waals surface area contributed by atoms with Crippen molar-refractivity contribution in [1.29, 1.82) is 0 Å². The van der Waals surface area contributed by atoms with E-state index in [-0.39, 0.29) is 22.9 Å². The molecule has 34 heavy (non-hydrogen) atoms. The summed E-state index contributed by atoms with van der Waals surface area (Å²) in [6.45, 7) is 7.00. The van der Waals surface area contributed by atoms with Crippen molar-refractivity contribution in [2.24, 2.45) is 0 Å². The predicted molar refractivity (Wildman–Crippen MR) is 131 cm³/mol. The van der Waals surface area contributed by atoms with Gasteiger partial charge in [-0.15, -0.1) is 0 Å². The third-order valence-corrected chi connectivity index (χ3v) is 7.20. The Hall–Kier alpha value is -3.46. The molecular formula is C25H28N4O4S. The van der Waals surface area contributed by atoms with Crippen LogP contribution in [-0.2, 0) is 21.8 Å². The Labute approximate surface area is 199 Å². The Balaban J connectivity index is 1.54. The SMILES string of the molecule is COc1cc(C)c(-c2cc3c(cn2)N(C(=O)NCc2ccc(S(C)(=O)=O)cc2)CC3(C)C)cn1. The number of pyridine rings is 2. The van der Waals surface area contributed by atoms with Gasteiger partial charge in [-0.2, -0.15) is 0 Å². The molecule has 0 saturated heterocycles. The van der Waals surface area contributed by atoms with E-state index in [1.165, 1.54) is 6.26 Å². The number of fused-ring (bicyclic) bond motifs is 1. The van der Waals surface area contributed by atoms with Crippen molar-refractivity contribution in [3.63, 3.8) is 0 Å². The first-order valence-electron chi connectivity index (χ1n) is 10.9. The number of carbonyl (C=O) groups excluding carboxylic acids is 1. The first-order chi connectivity index (χ1) is 16.0. The topological polar surface area (TPSA) is 101 Å². The zero-order chi connectivity index (χ0) is 24.7. The van der Waals surface area contributed by atoms with Crippen LogP contribution in [-0.4, -0.2) is 44.3 Å². The van der Waals surface area contributed by atoms with E-state index in [4.69, 9.17) is 4.74 Å². The van der Waals surface area contributed by atoms with E-state index in [2.05, 4.69) is 29.1 Å². The zero-order valence-electron chi connectivity index (χ0n) is 19.9. The number of anilines is 1. The predicted octanol–water partition coefficient (Wildman–Crippen LogP) is 3.87. The fourth-order valence-corrected chi connectivity index (χ4v) is 4.77. The second-order valence-corrected chi connectivity index (χ2v) is 11.2. The van der Waals surface area contributed by atoms with Crippen LogP contribution >= 0.6 is 0 Å². The Morgan fingerprint density at radius 2 is 1.85 bits per heavy atom. The van der Waals surface area contributed by atoms with Gasteiger partial charge in [0.15, 0.2) is 9.84 Å². The van der Waals surface area contributed by atoms with E-state index >= 15 is 0 Å². The highest BCUT2D eigenvalue weighted by molar-refractivity contribution is 7.90. The van der Waals surface area contributed by atoms with Gasteiger partial charge in [-0.25, -0.2) is 18.2 Å². The minimum absolute atomic E-state index is 0.226. The zero-order valence-corrected chi connectivity index (χ0v) is 20.7. The molecule has 3 heterocycles. The third-order valence-electron chi connectivity index (χ3n) is 6.07. The minimum atomic E-state index is -3.25. The van der Waals surface area contributed by atoms with Crippen molar-refractivity contribution >= 4 is 21.6 Å². The number of benzene rings is 1. The van der Waals surface area contributed by atoms with Crippen molar-refractivity contribution in [2.45, 2.75) is 37.6 Å². The van der Waals surface area contributed by atoms with Crippen LogP contribution < -0.4 is 15.0 Å². The van der Waals surface area contributed by atoms with Gasteiger partial charge in [-0.1, -0.05) is 26.0 Å². The normalized spacial score (nSPS) is 14.6. The summed E-state index contributed by atoms with van der Waals surface area (Å²) in [6, 6.07) is 10.2. The smallest absolute Gasteiger partial charge is 0.322 e. The van der Waals surface area contributed by atoms with E-state index in [0.717, 1.165) is 33.6 Å². The van der Waals surface area contributed by atoms with Crippen LogP contribution in [0.2, 0.25) is 0 Å². The maximum atomic E-state index is 13.0. The molecule has 0 fully saturated rings. The molecule has 4 rings (SSSR count). The lowest BCUT2D eigenvalue weighted by atomic mass is 9.86. The summed E-state index contributed by atoms with van der Waals surface area (Å²) in [6.07, 6.45) is 4.66. The van der Waals surface area contributed by atoms with Crippen LogP contribution in [0.25, 0.3) is 11.3 Å². The third kappa shape index (κ3) is 4.61. The molecule has 2 aromatic heterocycles. The molecule has 0 atom stereocenters. The van der Waals surface area contributed by atoms with Gasteiger partial charge in [0.25, 0.3) is 0 Å². The standard InChI is InChI=1S/C25H28N4O4S/c1-16-10-23(33-4)27-13-19(16)21-11-20-22(14-26-21)29(15-25(20,2)3)24(30)28-12-17-6-8-18(9-7-17)34(5,31)32/h6-11,13-14H,12,15H2,1-5H3,(H,28,30). The molecule has 0 radical (unpaired) electrons. The fraction of sp³-hybridized carbons (Fsp3) is 0.320. The first-order valence-corrected chi connectivity index (χ1v) is 12.7. The highest BCUT2D eigenvalue weighted by Crippen LogP contribution is 2.42. The number of hydrogen-bond donors (Lipinski definition) is 1. The molecule has 0 saturated carbocycles. The number of rotatable bonds is 5. The van der Waals surface area contributed by atoms with E-state index in [9.17, 15) is 13.2 Å². The van der Waals surface area contributed by atoms with Gasteiger partial charge in [0.05, 0.1) is 29.6 Å². The molecule has 1 aliphatic heterocycles. The number of nitrogens with zero attached hydrogens (tertiary/aromatic N) is 3. The molecule has 0 aliphatic carbocycles. The summed E-state index contributed by atoms with van der Waals surface area (Å²) in [5.74, 6) is 0.552. The molecule has 8 nitrogen and oxygen atoms in total. The van der Waals surface area contributed by atoms with E-state index in [1.807, 2.05) is 19.1 Å². The highest BCUT2D eigenvalue weighted by atomic mass is 32.2. The fourth-order valence-electron chi connectivity index (χ4n) is 4.14. The lowest BCUT2D eigenvalue weighted by Gasteiger charge is -2.21. The average molecular weight is 481 g/mol. The van der Waals surface area contributed by atoms with E-state index in [0.29, 0.717) is 12.4 Å². The summed E-state index contributed by atoms with van der Waals surface area (Å²) in [5, 5.41) is 2.93. The Morgan fingerprint density at radius 3 is 2.47 bits per heavy atom. The quantitative estimate of drug-likeness (QED) is 0.595. The van der Waals surface area contributed by atoms with Gasteiger partial charge in [0.1, 0.15) is 0 Å². The average Bonchev–Trinajstić information content (AvgIpc) is 3.07. The summed E-state index contributed by atoms with van der Waals surface area (Å²) in [7, 11) is -1.67. The van der Waals surface area contributed by atoms with Crippen molar-refractivity contribution in [2.75, 3.05) is 24.8 Å². The van der Waals surface area contributed by atoms with Crippen molar-refractivity contribution in [3.05, 3.63) is 65.5 Å². The molecule has 178 valence electrons. The van der Waals surface area contributed by atoms with Gasteiger partial charge in [0, 0.05) is 42.6 Å². The molecule has 0 spiro atoms. The van der Waals surface area contributed by atoms with Gasteiger partial charge in [-0.3, -0.25) is 9.88 Å². The monoisotopic (exact) mass is 480 g/mol. The number of amides is 2. The lowest BCUT2D eigenvalue weighted by molar-refractivity contribution is 0.245. The van der Waals surface area contributed by atoms with Crippen molar-refractivity contribution in [3.8, 4) is 17.1 Å². The Kier molecular flexibility index (Phi) is 6.07. The van der Waals surface area contributed by atoms with Gasteiger partial charge in [0.2, 0.25) is 5.88 Å². The molecule has 1 aromatic carbocycles. The summed E-state index contributed by atoms with van der Waals surface area (Å²) in [5.41, 5.74) is 5.10. The number of urea groups is 1. The minimum Gasteiger partial charge on any atom is -0.481 e. The molecular weight excluding hydrogens is 452 g/mol. The van der Waals surface area contributed by atoms with Crippen molar-refractivity contribution < 1.29 is 17.9 Å². The molecule has 0 bridgehead atoms. The Bertz CT molecular complexity index is 1350.